The molecular formula is C17H24N4O2. The lowest BCUT2D eigenvalue weighted by Gasteiger charge is -2.24. The molecule has 1 unspecified atom stereocenters. The Morgan fingerprint density at radius 3 is 2.48 bits per heavy atom. The van der Waals surface area contributed by atoms with Crippen LogP contribution in [-0.2, 0) is 0 Å². The van der Waals surface area contributed by atoms with Crippen molar-refractivity contribution in [2.24, 2.45) is 5.92 Å². The summed E-state index contributed by atoms with van der Waals surface area (Å²) in [5, 5.41) is 12.9. The SMILES string of the molecule is Cc1noc(C)c1NC(=O)NCC(Nc1ccccc1)C(C)C. The number of anilines is 2. The molecule has 1 aromatic heterocycles. The van der Waals surface area contributed by atoms with Crippen molar-refractivity contribution in [2.45, 2.75) is 33.7 Å². The maximum absolute atomic E-state index is 12.1. The molecule has 2 aromatic rings. The van der Waals surface area contributed by atoms with E-state index < -0.39 is 0 Å². The van der Waals surface area contributed by atoms with Crippen LogP contribution in [0.4, 0.5) is 16.2 Å². The lowest BCUT2D eigenvalue weighted by molar-refractivity contribution is 0.251. The minimum Gasteiger partial charge on any atom is -0.380 e. The summed E-state index contributed by atoms with van der Waals surface area (Å²) in [4.78, 5) is 12.1. The largest absolute Gasteiger partial charge is 0.380 e. The average molecular weight is 316 g/mol. The number of carbonyl (C=O) groups is 1. The Hall–Kier alpha value is -2.50. The summed E-state index contributed by atoms with van der Waals surface area (Å²) in [7, 11) is 0. The zero-order valence-corrected chi connectivity index (χ0v) is 14.0. The normalized spacial score (nSPS) is 12.0. The summed E-state index contributed by atoms with van der Waals surface area (Å²) in [6.45, 7) is 8.31. The minimum absolute atomic E-state index is 0.132. The zero-order chi connectivity index (χ0) is 16.8. The van der Waals surface area contributed by atoms with Gasteiger partial charge in [-0.1, -0.05) is 37.2 Å². The van der Waals surface area contributed by atoms with Gasteiger partial charge in [-0.15, -0.1) is 0 Å². The van der Waals surface area contributed by atoms with Crippen molar-refractivity contribution in [1.29, 1.82) is 0 Å². The van der Waals surface area contributed by atoms with E-state index in [1.165, 1.54) is 0 Å². The molecule has 3 N–H and O–H groups in total. The Morgan fingerprint density at radius 1 is 1.22 bits per heavy atom. The number of hydrogen-bond donors (Lipinski definition) is 3. The Kier molecular flexibility index (Phi) is 5.62. The molecule has 0 aliphatic carbocycles. The van der Waals surface area contributed by atoms with Gasteiger partial charge < -0.3 is 20.5 Å². The molecule has 0 aliphatic heterocycles. The predicted octanol–water partition coefficient (Wildman–Crippen LogP) is 3.55. The molecule has 1 aromatic carbocycles. The second-order valence-corrected chi connectivity index (χ2v) is 5.90. The van der Waals surface area contributed by atoms with Crippen LogP contribution in [0.15, 0.2) is 34.9 Å². The van der Waals surface area contributed by atoms with E-state index in [0.29, 0.717) is 29.6 Å². The zero-order valence-electron chi connectivity index (χ0n) is 14.0. The van der Waals surface area contributed by atoms with Crippen molar-refractivity contribution in [3.63, 3.8) is 0 Å². The molecule has 0 bridgehead atoms. The number of para-hydroxylation sites is 1. The smallest absolute Gasteiger partial charge is 0.319 e. The Labute approximate surface area is 136 Å². The summed E-state index contributed by atoms with van der Waals surface area (Å²) in [5.41, 5.74) is 2.33. The number of nitrogens with zero attached hydrogens (tertiary/aromatic N) is 1. The van der Waals surface area contributed by atoms with Crippen molar-refractivity contribution in [3.8, 4) is 0 Å². The van der Waals surface area contributed by atoms with Crippen molar-refractivity contribution in [3.05, 3.63) is 41.8 Å². The summed E-state index contributed by atoms with van der Waals surface area (Å²) < 4.78 is 5.03. The van der Waals surface area contributed by atoms with Crippen molar-refractivity contribution in [1.82, 2.24) is 10.5 Å². The molecule has 2 rings (SSSR count). The van der Waals surface area contributed by atoms with Crippen LogP contribution < -0.4 is 16.0 Å². The van der Waals surface area contributed by atoms with Crippen LogP contribution in [0.25, 0.3) is 0 Å². The fourth-order valence-corrected chi connectivity index (χ4v) is 2.22. The van der Waals surface area contributed by atoms with Gasteiger partial charge in [0.1, 0.15) is 11.4 Å². The lowest BCUT2D eigenvalue weighted by atomic mass is 10.0. The molecule has 0 spiro atoms. The number of benzene rings is 1. The van der Waals surface area contributed by atoms with Crippen molar-refractivity contribution in [2.75, 3.05) is 17.2 Å². The van der Waals surface area contributed by atoms with Crippen molar-refractivity contribution < 1.29 is 9.32 Å². The molecule has 0 aliphatic rings. The second-order valence-electron chi connectivity index (χ2n) is 5.90. The van der Waals surface area contributed by atoms with Gasteiger partial charge >= 0.3 is 6.03 Å². The third kappa shape index (κ3) is 4.74. The number of carbonyl (C=O) groups excluding carboxylic acids is 1. The number of nitrogens with one attached hydrogen (secondary N) is 3. The van der Waals surface area contributed by atoms with Crippen LogP contribution in [0.3, 0.4) is 0 Å². The van der Waals surface area contributed by atoms with E-state index >= 15 is 0 Å². The van der Waals surface area contributed by atoms with E-state index in [1.54, 1.807) is 13.8 Å². The molecule has 23 heavy (non-hydrogen) atoms. The van der Waals surface area contributed by atoms with Crippen LogP contribution in [0.5, 0.6) is 0 Å². The van der Waals surface area contributed by atoms with Gasteiger partial charge in [0.2, 0.25) is 0 Å². The predicted molar refractivity (Wildman–Crippen MR) is 91.7 cm³/mol. The first-order valence-electron chi connectivity index (χ1n) is 7.76. The number of amides is 2. The van der Waals surface area contributed by atoms with Crippen LogP contribution >= 0.6 is 0 Å². The van der Waals surface area contributed by atoms with E-state index in [-0.39, 0.29) is 12.1 Å². The van der Waals surface area contributed by atoms with Gasteiger partial charge in [0.15, 0.2) is 5.76 Å². The number of rotatable bonds is 6. The summed E-state index contributed by atoms with van der Waals surface area (Å²) in [6.07, 6.45) is 0. The molecule has 6 nitrogen and oxygen atoms in total. The maximum atomic E-state index is 12.1. The Balaban J connectivity index is 1.90. The first-order chi connectivity index (χ1) is 11.0. The van der Waals surface area contributed by atoms with E-state index in [9.17, 15) is 4.79 Å². The molecule has 1 atom stereocenters. The van der Waals surface area contributed by atoms with Crippen LogP contribution in [0, 0.1) is 19.8 Å². The third-order valence-electron chi connectivity index (χ3n) is 3.69. The van der Waals surface area contributed by atoms with Gasteiger partial charge in [-0.25, -0.2) is 4.79 Å². The topological polar surface area (TPSA) is 79.2 Å². The first-order valence-corrected chi connectivity index (χ1v) is 7.76. The number of hydrogen-bond acceptors (Lipinski definition) is 4. The van der Waals surface area contributed by atoms with Gasteiger partial charge in [0.05, 0.1) is 0 Å². The maximum Gasteiger partial charge on any atom is 0.319 e. The average Bonchev–Trinajstić information content (AvgIpc) is 2.84. The van der Waals surface area contributed by atoms with Crippen LogP contribution in [-0.4, -0.2) is 23.8 Å². The molecule has 1 heterocycles. The standard InChI is InChI=1S/C17H24N4O2/c1-11(2)15(19-14-8-6-5-7-9-14)10-18-17(22)20-16-12(3)21-23-13(16)4/h5-9,11,15,19H,10H2,1-4H3,(H2,18,20,22). The number of aromatic nitrogens is 1. The van der Waals surface area contributed by atoms with Crippen LogP contribution in [0.2, 0.25) is 0 Å². The lowest BCUT2D eigenvalue weighted by Crippen LogP contribution is -2.41. The van der Waals surface area contributed by atoms with E-state index in [0.717, 1.165) is 5.69 Å². The molecule has 0 saturated carbocycles. The van der Waals surface area contributed by atoms with Crippen LogP contribution in [0.1, 0.15) is 25.3 Å². The molecule has 6 heteroatoms. The first kappa shape index (κ1) is 16.9. The van der Waals surface area contributed by atoms with E-state index in [4.69, 9.17) is 4.52 Å². The summed E-state index contributed by atoms with van der Waals surface area (Å²) in [6, 6.07) is 9.84. The fourth-order valence-electron chi connectivity index (χ4n) is 2.22. The Morgan fingerprint density at radius 2 is 1.91 bits per heavy atom. The van der Waals surface area contributed by atoms with E-state index in [1.807, 2.05) is 30.3 Å². The summed E-state index contributed by atoms with van der Waals surface area (Å²) >= 11 is 0. The minimum atomic E-state index is -0.264. The van der Waals surface area contributed by atoms with Crippen molar-refractivity contribution >= 4 is 17.4 Å². The molecule has 0 saturated heterocycles. The second kappa shape index (κ2) is 7.67. The highest BCUT2D eigenvalue weighted by atomic mass is 16.5. The molecule has 0 fully saturated rings. The third-order valence-corrected chi connectivity index (χ3v) is 3.69. The van der Waals surface area contributed by atoms with Gasteiger partial charge in [-0.3, -0.25) is 0 Å². The Bertz CT molecular complexity index is 618. The molecular weight excluding hydrogens is 292 g/mol. The van der Waals surface area contributed by atoms with Gasteiger partial charge in [-0.05, 0) is 31.9 Å². The molecule has 124 valence electrons. The monoisotopic (exact) mass is 316 g/mol. The molecule has 2 amide bonds. The van der Waals surface area contributed by atoms with Gasteiger partial charge in [0, 0.05) is 18.3 Å². The molecule has 0 radical (unpaired) electrons. The highest BCUT2D eigenvalue weighted by Crippen LogP contribution is 2.18. The highest BCUT2D eigenvalue weighted by Gasteiger charge is 2.16. The fraction of sp³-hybridized carbons (Fsp3) is 0.412. The number of aryl methyl sites for hydroxylation is 2. The van der Waals surface area contributed by atoms with E-state index in [2.05, 4.69) is 35.0 Å². The summed E-state index contributed by atoms with van der Waals surface area (Å²) in [5.74, 6) is 0.968. The quantitative estimate of drug-likeness (QED) is 0.761. The van der Waals surface area contributed by atoms with Gasteiger partial charge in [-0.2, -0.15) is 0 Å². The number of urea groups is 1. The highest BCUT2D eigenvalue weighted by molar-refractivity contribution is 5.90. The van der Waals surface area contributed by atoms with Gasteiger partial charge in [0.25, 0.3) is 0 Å².